The number of hydrogen-bond donors (Lipinski definition) is 24. The molecule has 0 unspecified atom stereocenters. The standard InChI is InChI=1S/C57H111N29O12/c1-30(42(61)88)77-44(90)35(16-8-24-72-53(62)63)82-47(93)34(15-5-7-23-59)80-46(92)33(14-4-6-22-58)81-49(95)38(19-11-27-75-56(68)69)84-50(96)39(20-12-28-76-57(70)71)83-48(94)37(18-10-26-74-55(66)67)79-43(89)31(2)78-45(91)36(17-9-25-73-54(64)65)85-51(97)40-21-13-29-86(40)52(98)41(60)32(3)87/h30-41,87H,4-29,58-60H2,1-3H3,(H2,61,88)(H,77,90)(H,78,91)(H,79,89)(H,80,92)(H,81,95)(H,82,93)(H,83,94)(H,84,96)(H,85,97)(H4,62,63,72)(H4,64,65,73)(H4,66,67,74)(H4,68,69,75)(H4,70,71,76)/t30-,31-,32+,33-,34-,35-,36-,37-,38-,39-,40-,41-/m0/s1. The molecular formula is C57H111N29O12. The Kier molecular flexibility index (Phi) is 41.7. The molecule has 41 heteroatoms. The van der Waals surface area contributed by atoms with Crippen molar-refractivity contribution in [2.45, 2.75) is 209 Å². The number of primary amides is 1. The van der Waals surface area contributed by atoms with Gasteiger partial charge < -0.3 is 138 Å². The van der Waals surface area contributed by atoms with E-state index in [-0.39, 0.29) is 172 Å². The lowest BCUT2D eigenvalue weighted by Gasteiger charge is -2.29. The first kappa shape index (κ1) is 86.4. The first-order chi connectivity index (χ1) is 46.2. The summed E-state index contributed by atoms with van der Waals surface area (Å²) >= 11 is 0. The number of likely N-dealkylation sites (tertiary alicyclic amines) is 1. The van der Waals surface area contributed by atoms with Crippen LogP contribution in [0.1, 0.15) is 136 Å². The summed E-state index contributed by atoms with van der Waals surface area (Å²) in [6.07, 6.45) is 0.725. The molecule has 0 aromatic rings. The largest absolute Gasteiger partial charge is 0.391 e. The molecule has 0 aromatic heterocycles. The van der Waals surface area contributed by atoms with Crippen molar-refractivity contribution in [3.05, 3.63) is 0 Å². The Morgan fingerprint density at radius 2 is 0.653 bits per heavy atom. The van der Waals surface area contributed by atoms with Gasteiger partial charge in [-0.2, -0.15) is 0 Å². The van der Waals surface area contributed by atoms with Gasteiger partial charge in [-0.3, -0.25) is 77.7 Å². The van der Waals surface area contributed by atoms with Crippen molar-refractivity contribution >= 4 is 94.8 Å². The lowest BCUT2D eigenvalue weighted by molar-refractivity contribution is -0.142. The molecule has 1 heterocycles. The molecule has 0 aromatic carbocycles. The number of nitrogens with zero attached hydrogens (tertiary/aromatic N) is 6. The maximum absolute atomic E-state index is 14.7. The van der Waals surface area contributed by atoms with Gasteiger partial charge in [0.1, 0.15) is 66.5 Å². The normalized spacial score (nSPS) is 15.8. The lowest BCUT2D eigenvalue weighted by Crippen LogP contribution is -2.60. The summed E-state index contributed by atoms with van der Waals surface area (Å²) in [7, 11) is 0. The van der Waals surface area contributed by atoms with E-state index in [0.717, 1.165) is 0 Å². The molecule has 41 nitrogen and oxygen atoms in total. The third-order valence-corrected chi connectivity index (χ3v) is 15.2. The smallest absolute Gasteiger partial charge is 0.243 e. The predicted octanol–water partition coefficient (Wildman–Crippen LogP) is -10.9. The summed E-state index contributed by atoms with van der Waals surface area (Å²) in [5, 5.41) is 33.6. The number of unbranched alkanes of at least 4 members (excludes halogenated alkanes) is 2. The van der Waals surface area contributed by atoms with Crippen LogP contribution >= 0.6 is 0 Å². The van der Waals surface area contributed by atoms with Crippen LogP contribution in [0.2, 0.25) is 0 Å². The molecule has 0 radical (unpaired) electrons. The Morgan fingerprint density at radius 3 is 0.929 bits per heavy atom. The van der Waals surface area contributed by atoms with Crippen molar-refractivity contribution < 1.29 is 57.8 Å². The number of nitrogens with one attached hydrogen (secondary N) is 9. The number of aliphatic hydroxyl groups excluding tert-OH is 1. The van der Waals surface area contributed by atoms with Crippen molar-refractivity contribution in [1.29, 1.82) is 0 Å². The second kappa shape index (κ2) is 47.3. The number of nitrogens with two attached hydrogens (primary N) is 14. The highest BCUT2D eigenvalue weighted by molar-refractivity contribution is 5.99. The molecule has 1 aliphatic heterocycles. The highest BCUT2D eigenvalue weighted by Crippen LogP contribution is 2.20. The van der Waals surface area contributed by atoms with Gasteiger partial charge in [-0.1, -0.05) is 0 Å². The number of hydrogen-bond acceptors (Lipinski definition) is 20. The molecule has 12 atom stereocenters. The van der Waals surface area contributed by atoms with Gasteiger partial charge in [0.25, 0.3) is 0 Å². The molecule has 98 heavy (non-hydrogen) atoms. The van der Waals surface area contributed by atoms with E-state index in [1.807, 2.05) is 0 Å². The van der Waals surface area contributed by atoms with Gasteiger partial charge in [0.05, 0.1) is 6.10 Å². The van der Waals surface area contributed by atoms with Crippen molar-refractivity contribution in [3.63, 3.8) is 0 Å². The van der Waals surface area contributed by atoms with Gasteiger partial charge in [-0.25, -0.2) is 0 Å². The van der Waals surface area contributed by atoms with Crippen LogP contribution in [-0.2, 0) is 52.7 Å². The van der Waals surface area contributed by atoms with E-state index in [1.54, 1.807) is 0 Å². The number of rotatable bonds is 49. The maximum Gasteiger partial charge on any atom is 0.243 e. The molecule has 1 aliphatic rings. The summed E-state index contributed by atoms with van der Waals surface area (Å²) in [6.45, 7) is 4.57. The SMILES string of the molecule is C[C@H](NC(=O)[C@H](CCCN=C(N)N)NC(=O)[C@H](CCCCN)NC(=O)[C@H](CCCCN)NC(=O)[C@H](CCCN=C(N)N)NC(=O)[C@H](CCCN=C(N)N)NC(=O)[C@H](CCCN=C(N)N)NC(=O)[C@H](C)NC(=O)[C@H](CCCN=C(N)N)NC(=O)[C@@H]1CCCN1C(=O)[C@@H](N)[C@@H](C)O)C(N)=O. The Balaban J connectivity index is 3.79. The van der Waals surface area contributed by atoms with Crippen molar-refractivity contribution in [3.8, 4) is 0 Å². The lowest BCUT2D eigenvalue weighted by atomic mass is 10.0. The monoisotopic (exact) mass is 1390 g/mol. The first-order valence-electron chi connectivity index (χ1n) is 32.7. The molecule has 0 bridgehead atoms. The minimum atomic E-state index is -1.51. The van der Waals surface area contributed by atoms with Crippen LogP contribution < -0.4 is 128 Å². The van der Waals surface area contributed by atoms with Crippen LogP contribution in [0.5, 0.6) is 0 Å². The second-order valence-electron chi connectivity index (χ2n) is 23.6. The highest BCUT2D eigenvalue weighted by atomic mass is 16.3. The van der Waals surface area contributed by atoms with Gasteiger partial charge in [-0.15, -0.1) is 0 Å². The van der Waals surface area contributed by atoms with Gasteiger partial charge in [-0.05, 0) is 149 Å². The molecule has 0 aliphatic carbocycles. The Morgan fingerprint density at radius 1 is 0.388 bits per heavy atom. The quantitative estimate of drug-likeness (QED) is 0.0153. The summed E-state index contributed by atoms with van der Waals surface area (Å²) in [4.78, 5) is 174. The van der Waals surface area contributed by atoms with Gasteiger partial charge in [0.2, 0.25) is 65.0 Å². The molecule has 556 valence electrons. The van der Waals surface area contributed by atoms with Gasteiger partial charge >= 0.3 is 0 Å². The van der Waals surface area contributed by atoms with E-state index >= 15 is 0 Å². The van der Waals surface area contributed by atoms with Gasteiger partial charge in [0, 0.05) is 39.3 Å². The van der Waals surface area contributed by atoms with Crippen LogP contribution in [0.3, 0.4) is 0 Å². The summed E-state index contributed by atoms with van der Waals surface area (Å²) in [5.74, 6) is -10.5. The fourth-order valence-corrected chi connectivity index (χ4v) is 9.78. The van der Waals surface area contributed by atoms with Crippen LogP contribution in [0.25, 0.3) is 0 Å². The van der Waals surface area contributed by atoms with Crippen molar-refractivity contribution in [2.75, 3.05) is 52.4 Å². The molecule has 38 N–H and O–H groups in total. The Labute approximate surface area is 570 Å². The average molecular weight is 1390 g/mol. The van der Waals surface area contributed by atoms with E-state index in [0.29, 0.717) is 25.7 Å². The molecule has 11 amide bonds. The fourth-order valence-electron chi connectivity index (χ4n) is 9.78. The number of amides is 11. The molecular weight excluding hydrogens is 1280 g/mol. The van der Waals surface area contributed by atoms with Crippen molar-refractivity contribution in [2.24, 2.45) is 105 Å². The van der Waals surface area contributed by atoms with Gasteiger partial charge in [0.15, 0.2) is 29.8 Å². The maximum atomic E-state index is 14.7. The zero-order valence-electron chi connectivity index (χ0n) is 56.5. The Bertz CT molecular complexity index is 2730. The van der Waals surface area contributed by atoms with E-state index in [2.05, 4.69) is 72.8 Å². The summed E-state index contributed by atoms with van der Waals surface area (Å²) in [5.41, 5.74) is 78.4. The number of carbonyl (C=O) groups is 11. The van der Waals surface area contributed by atoms with Crippen LogP contribution in [0.4, 0.5) is 0 Å². The zero-order valence-corrected chi connectivity index (χ0v) is 56.5. The van der Waals surface area contributed by atoms with Crippen molar-refractivity contribution in [1.82, 2.24) is 52.8 Å². The van der Waals surface area contributed by atoms with Crippen LogP contribution in [0.15, 0.2) is 25.0 Å². The number of aliphatic hydroxyl groups is 1. The minimum absolute atomic E-state index is 0.00888. The second-order valence-corrected chi connectivity index (χ2v) is 23.6. The topological polar surface area (TPSA) is 746 Å². The fraction of sp³-hybridized carbons (Fsp3) is 0.719. The third-order valence-electron chi connectivity index (χ3n) is 15.2. The predicted molar refractivity (Wildman–Crippen MR) is 368 cm³/mol. The van der Waals surface area contributed by atoms with E-state index < -0.39 is 138 Å². The zero-order chi connectivity index (χ0) is 74.0. The molecule has 1 saturated heterocycles. The number of carbonyl (C=O) groups excluding carboxylic acids is 11. The molecule has 0 saturated carbocycles. The van der Waals surface area contributed by atoms with Crippen LogP contribution in [0, 0.1) is 0 Å². The molecule has 1 fully saturated rings. The summed E-state index contributed by atoms with van der Waals surface area (Å²) in [6, 6.07) is -14.7. The minimum Gasteiger partial charge on any atom is -0.391 e. The molecule has 1 rings (SSSR count). The van der Waals surface area contributed by atoms with Crippen LogP contribution in [-0.4, -0.2) is 230 Å². The number of aliphatic imine (C=N–C) groups is 5. The van der Waals surface area contributed by atoms with E-state index in [1.165, 1.54) is 25.7 Å². The van der Waals surface area contributed by atoms with E-state index in [9.17, 15) is 57.8 Å². The average Bonchev–Trinajstić information content (AvgIpc) is 1.62. The number of guanidine groups is 5. The summed E-state index contributed by atoms with van der Waals surface area (Å²) < 4.78 is 0. The highest BCUT2D eigenvalue weighted by Gasteiger charge is 2.40. The molecule has 0 spiro atoms. The van der Waals surface area contributed by atoms with E-state index in [4.69, 9.17) is 80.3 Å². The first-order valence-corrected chi connectivity index (χ1v) is 32.7. The Hall–Kier alpha value is -9.64. The third kappa shape index (κ3) is 35.4.